The molecule has 2 nitrogen and oxygen atoms in total. The molecule has 64 valence electrons. The lowest BCUT2D eigenvalue weighted by atomic mass is 9.97. The molecular formula is C10H14N2. The van der Waals surface area contributed by atoms with E-state index in [9.17, 15) is 0 Å². The molecule has 0 aromatic heterocycles. The molecule has 1 aliphatic rings. The molecule has 1 aromatic rings. The third kappa shape index (κ3) is 0.994. The van der Waals surface area contributed by atoms with Gasteiger partial charge in [-0.15, -0.1) is 0 Å². The van der Waals surface area contributed by atoms with Crippen LogP contribution in [0.3, 0.4) is 0 Å². The fraction of sp³-hybridized carbons (Fsp3) is 0.400. The average Bonchev–Trinajstić information content (AvgIpc) is 2.48. The summed E-state index contributed by atoms with van der Waals surface area (Å²) in [6, 6.07) is 6.30. The third-order valence-electron chi connectivity index (χ3n) is 2.51. The number of rotatable bonds is 1. The number of fused-ring (bicyclic) bond motifs is 1. The minimum absolute atomic E-state index is 0.611. The fourth-order valence-electron chi connectivity index (χ4n) is 1.89. The predicted molar refractivity (Wildman–Crippen MR) is 51.2 cm³/mol. The van der Waals surface area contributed by atoms with Crippen molar-refractivity contribution in [2.45, 2.75) is 19.4 Å². The Morgan fingerprint density at radius 2 is 2.42 bits per heavy atom. The Morgan fingerprint density at radius 1 is 1.58 bits per heavy atom. The molecule has 0 fully saturated rings. The summed E-state index contributed by atoms with van der Waals surface area (Å²) in [6.45, 7) is 3.93. The van der Waals surface area contributed by atoms with Gasteiger partial charge in [0.1, 0.15) is 0 Å². The van der Waals surface area contributed by atoms with Crippen molar-refractivity contribution in [3.63, 3.8) is 0 Å². The normalized spacial score (nSPS) is 20.3. The van der Waals surface area contributed by atoms with Crippen LogP contribution in [0.15, 0.2) is 18.2 Å². The lowest BCUT2D eigenvalue weighted by molar-refractivity contribution is 0.835. The minimum atomic E-state index is 0.611. The van der Waals surface area contributed by atoms with Crippen LogP contribution in [0.4, 0.5) is 5.69 Å². The Morgan fingerprint density at radius 3 is 3.17 bits per heavy atom. The van der Waals surface area contributed by atoms with Gasteiger partial charge in [-0.1, -0.05) is 19.1 Å². The summed E-state index contributed by atoms with van der Waals surface area (Å²) in [5, 5.41) is 3.37. The molecule has 0 saturated carbocycles. The minimum Gasteiger partial charge on any atom is -0.384 e. The van der Waals surface area contributed by atoms with Gasteiger partial charge >= 0.3 is 0 Å². The van der Waals surface area contributed by atoms with Gasteiger partial charge in [0.15, 0.2) is 0 Å². The molecule has 0 bridgehead atoms. The summed E-state index contributed by atoms with van der Waals surface area (Å²) < 4.78 is 0. The van der Waals surface area contributed by atoms with Gasteiger partial charge < -0.3 is 11.1 Å². The number of anilines is 1. The van der Waals surface area contributed by atoms with Crippen molar-refractivity contribution in [1.29, 1.82) is 0 Å². The van der Waals surface area contributed by atoms with E-state index in [-0.39, 0.29) is 0 Å². The number of nitrogens with two attached hydrogens (primary N) is 1. The summed E-state index contributed by atoms with van der Waals surface area (Å²) in [6.07, 6.45) is 0. The lowest BCUT2D eigenvalue weighted by Gasteiger charge is -2.08. The molecule has 0 saturated heterocycles. The SMILES string of the molecule is CC1CNc2cccc(CN)c21. The van der Waals surface area contributed by atoms with Crippen LogP contribution < -0.4 is 11.1 Å². The maximum Gasteiger partial charge on any atom is 0.0379 e. The first-order valence-electron chi connectivity index (χ1n) is 4.38. The number of hydrogen-bond acceptors (Lipinski definition) is 2. The number of hydrogen-bond donors (Lipinski definition) is 2. The monoisotopic (exact) mass is 162 g/mol. The zero-order chi connectivity index (χ0) is 8.55. The van der Waals surface area contributed by atoms with Crippen LogP contribution in [0.2, 0.25) is 0 Å². The van der Waals surface area contributed by atoms with Crippen molar-refractivity contribution < 1.29 is 0 Å². The Hall–Kier alpha value is -1.02. The number of nitrogens with one attached hydrogen (secondary N) is 1. The molecule has 1 atom stereocenters. The maximum absolute atomic E-state index is 5.66. The Kier molecular flexibility index (Phi) is 1.77. The summed E-state index contributed by atoms with van der Waals surface area (Å²) in [5.74, 6) is 0.611. The quantitative estimate of drug-likeness (QED) is 0.659. The van der Waals surface area contributed by atoms with Crippen molar-refractivity contribution in [1.82, 2.24) is 0 Å². The summed E-state index contributed by atoms with van der Waals surface area (Å²) >= 11 is 0. The van der Waals surface area contributed by atoms with Gasteiger partial charge in [0, 0.05) is 24.7 Å². The Balaban J connectivity index is 2.53. The molecule has 0 amide bonds. The van der Waals surface area contributed by atoms with Gasteiger partial charge in [0.2, 0.25) is 0 Å². The molecule has 1 aliphatic heterocycles. The topological polar surface area (TPSA) is 38.0 Å². The van der Waals surface area contributed by atoms with E-state index >= 15 is 0 Å². The molecule has 2 rings (SSSR count). The summed E-state index contributed by atoms with van der Waals surface area (Å²) in [7, 11) is 0. The van der Waals surface area contributed by atoms with E-state index in [0.29, 0.717) is 12.5 Å². The highest BCUT2D eigenvalue weighted by Gasteiger charge is 2.19. The van der Waals surface area contributed by atoms with Crippen LogP contribution in [0.1, 0.15) is 24.0 Å². The van der Waals surface area contributed by atoms with Gasteiger partial charge in [0.25, 0.3) is 0 Å². The highest BCUT2D eigenvalue weighted by molar-refractivity contribution is 5.60. The highest BCUT2D eigenvalue weighted by atomic mass is 14.9. The van der Waals surface area contributed by atoms with E-state index in [1.165, 1.54) is 16.8 Å². The maximum atomic E-state index is 5.66. The summed E-state index contributed by atoms with van der Waals surface area (Å²) in [4.78, 5) is 0. The second kappa shape index (κ2) is 2.79. The first-order chi connectivity index (χ1) is 5.83. The van der Waals surface area contributed by atoms with Crippen LogP contribution in [-0.4, -0.2) is 6.54 Å². The standard InChI is InChI=1S/C10H14N2/c1-7-6-12-9-4-2-3-8(5-11)10(7)9/h2-4,7,12H,5-6,11H2,1H3. The lowest BCUT2D eigenvalue weighted by Crippen LogP contribution is -2.02. The fourth-order valence-corrected chi connectivity index (χ4v) is 1.89. The predicted octanol–water partition coefficient (Wildman–Crippen LogP) is 1.67. The van der Waals surface area contributed by atoms with Crippen LogP contribution in [0.5, 0.6) is 0 Å². The van der Waals surface area contributed by atoms with Gasteiger partial charge in [-0.05, 0) is 17.2 Å². The van der Waals surface area contributed by atoms with Crippen molar-refractivity contribution in [3.05, 3.63) is 29.3 Å². The van der Waals surface area contributed by atoms with Crippen molar-refractivity contribution in [3.8, 4) is 0 Å². The molecule has 1 aromatic carbocycles. The smallest absolute Gasteiger partial charge is 0.0379 e. The van der Waals surface area contributed by atoms with Gasteiger partial charge in [-0.2, -0.15) is 0 Å². The van der Waals surface area contributed by atoms with Gasteiger partial charge in [-0.25, -0.2) is 0 Å². The van der Waals surface area contributed by atoms with E-state index in [1.54, 1.807) is 0 Å². The highest BCUT2D eigenvalue weighted by Crippen LogP contribution is 2.33. The van der Waals surface area contributed by atoms with Crippen LogP contribution in [-0.2, 0) is 6.54 Å². The van der Waals surface area contributed by atoms with E-state index in [2.05, 4.69) is 30.4 Å². The van der Waals surface area contributed by atoms with E-state index in [4.69, 9.17) is 5.73 Å². The van der Waals surface area contributed by atoms with E-state index < -0.39 is 0 Å². The molecular weight excluding hydrogens is 148 g/mol. The molecule has 12 heavy (non-hydrogen) atoms. The molecule has 0 aliphatic carbocycles. The molecule has 2 heteroatoms. The van der Waals surface area contributed by atoms with Crippen molar-refractivity contribution >= 4 is 5.69 Å². The molecule has 3 N–H and O–H groups in total. The van der Waals surface area contributed by atoms with Crippen molar-refractivity contribution in [2.75, 3.05) is 11.9 Å². The van der Waals surface area contributed by atoms with E-state index in [0.717, 1.165) is 6.54 Å². The second-order valence-electron chi connectivity index (χ2n) is 3.36. The molecule has 0 radical (unpaired) electrons. The van der Waals surface area contributed by atoms with Gasteiger partial charge in [0.05, 0.1) is 0 Å². The molecule has 0 spiro atoms. The Bertz CT molecular complexity index is 294. The van der Waals surface area contributed by atoms with Crippen LogP contribution in [0.25, 0.3) is 0 Å². The van der Waals surface area contributed by atoms with Gasteiger partial charge in [-0.3, -0.25) is 0 Å². The van der Waals surface area contributed by atoms with E-state index in [1.807, 2.05) is 0 Å². The average molecular weight is 162 g/mol. The second-order valence-corrected chi connectivity index (χ2v) is 3.36. The van der Waals surface area contributed by atoms with Crippen LogP contribution in [0, 0.1) is 0 Å². The first-order valence-corrected chi connectivity index (χ1v) is 4.38. The largest absolute Gasteiger partial charge is 0.384 e. The van der Waals surface area contributed by atoms with Crippen LogP contribution >= 0.6 is 0 Å². The Labute approximate surface area is 72.8 Å². The molecule has 1 heterocycles. The molecule has 1 unspecified atom stereocenters. The number of benzene rings is 1. The zero-order valence-electron chi connectivity index (χ0n) is 7.30. The van der Waals surface area contributed by atoms with Crippen molar-refractivity contribution in [2.24, 2.45) is 5.73 Å². The summed E-state index contributed by atoms with van der Waals surface area (Å²) in [5.41, 5.74) is 9.63. The zero-order valence-corrected chi connectivity index (χ0v) is 7.30. The third-order valence-corrected chi connectivity index (χ3v) is 2.51. The first kappa shape index (κ1) is 7.62.